The SMILES string of the molecule is N#CC(C#N)=C1c2cc([N+](=O)[O-])cc(C(=O)Cl)c2-c2c1cc([N+](=O)[O-])cc2[N+](=O)[O-]. The van der Waals surface area contributed by atoms with Gasteiger partial charge in [-0.25, -0.2) is 0 Å². The molecule has 0 atom stereocenters. The number of nitrogens with zero attached hydrogens (tertiary/aromatic N) is 5. The number of allylic oxidation sites excluding steroid dienone is 1. The largest absolute Gasteiger partial charge is 0.284 e. The van der Waals surface area contributed by atoms with E-state index in [2.05, 4.69) is 0 Å². The number of hydrogen-bond acceptors (Lipinski definition) is 9. The van der Waals surface area contributed by atoms with Crippen molar-refractivity contribution in [2.24, 2.45) is 0 Å². The van der Waals surface area contributed by atoms with Crippen molar-refractivity contribution < 1.29 is 19.6 Å². The Balaban J connectivity index is 2.67. The summed E-state index contributed by atoms with van der Waals surface area (Å²) in [5.41, 5.74) is -4.55. The van der Waals surface area contributed by atoms with Crippen molar-refractivity contribution in [2.75, 3.05) is 0 Å². The maximum Gasteiger partial charge on any atom is 0.284 e. The van der Waals surface area contributed by atoms with Gasteiger partial charge in [-0.05, 0) is 11.6 Å². The number of non-ortho nitro benzene ring substituents is 2. The summed E-state index contributed by atoms with van der Waals surface area (Å²) in [6, 6.07) is 6.37. The van der Waals surface area contributed by atoms with Crippen LogP contribution in [-0.4, -0.2) is 20.0 Å². The second-order valence-electron chi connectivity index (χ2n) is 5.82. The molecule has 0 N–H and O–H groups in total. The van der Waals surface area contributed by atoms with Gasteiger partial charge in [0, 0.05) is 46.0 Å². The van der Waals surface area contributed by atoms with E-state index in [1.807, 2.05) is 0 Å². The van der Waals surface area contributed by atoms with Crippen LogP contribution in [0.25, 0.3) is 16.7 Å². The van der Waals surface area contributed by atoms with Crippen LogP contribution in [0, 0.1) is 53.0 Å². The van der Waals surface area contributed by atoms with Crippen molar-refractivity contribution >= 4 is 39.5 Å². The Labute approximate surface area is 170 Å². The van der Waals surface area contributed by atoms with Crippen LogP contribution in [0.1, 0.15) is 21.5 Å². The fraction of sp³-hybridized carbons (Fsp3) is 0. The number of carbonyl (C=O) groups excluding carboxylic acids is 1. The summed E-state index contributed by atoms with van der Waals surface area (Å²) in [5, 5.41) is 51.6. The number of fused-ring (bicyclic) bond motifs is 3. The predicted molar refractivity (Wildman–Crippen MR) is 99.3 cm³/mol. The lowest BCUT2D eigenvalue weighted by molar-refractivity contribution is -0.393. The maximum atomic E-state index is 12.0. The van der Waals surface area contributed by atoms with Gasteiger partial charge < -0.3 is 0 Å². The first-order chi connectivity index (χ1) is 14.1. The van der Waals surface area contributed by atoms with Gasteiger partial charge in [0.2, 0.25) is 0 Å². The Hall–Kier alpha value is -4.68. The van der Waals surface area contributed by atoms with Crippen LogP contribution in [0.4, 0.5) is 17.1 Å². The molecular weight excluding hydrogens is 422 g/mol. The number of benzene rings is 2. The molecule has 12 nitrogen and oxygen atoms in total. The minimum absolute atomic E-state index is 0.218. The van der Waals surface area contributed by atoms with Crippen LogP contribution in [0.2, 0.25) is 0 Å². The number of nitriles is 2. The molecule has 0 saturated heterocycles. The maximum absolute atomic E-state index is 12.0. The lowest BCUT2D eigenvalue weighted by Gasteiger charge is -2.07. The zero-order chi connectivity index (χ0) is 22.3. The highest BCUT2D eigenvalue weighted by molar-refractivity contribution is 6.68. The molecule has 0 saturated carbocycles. The number of halogens is 1. The van der Waals surface area contributed by atoms with E-state index in [1.165, 1.54) is 0 Å². The Kier molecular flexibility index (Phi) is 4.71. The molecular formula is C17H4ClN5O7. The molecule has 0 radical (unpaired) electrons. The van der Waals surface area contributed by atoms with E-state index in [-0.39, 0.29) is 27.8 Å². The van der Waals surface area contributed by atoms with Crippen LogP contribution in [0.3, 0.4) is 0 Å². The van der Waals surface area contributed by atoms with E-state index < -0.39 is 48.2 Å². The summed E-state index contributed by atoms with van der Waals surface area (Å²) in [6.07, 6.45) is 0. The number of hydrogen-bond donors (Lipinski definition) is 0. The summed E-state index contributed by atoms with van der Waals surface area (Å²) >= 11 is 5.55. The van der Waals surface area contributed by atoms with E-state index in [0.29, 0.717) is 6.07 Å². The minimum atomic E-state index is -1.19. The Morgan fingerprint density at radius 1 is 0.833 bits per heavy atom. The second-order valence-corrected chi connectivity index (χ2v) is 6.17. The average Bonchev–Trinajstić information content (AvgIpc) is 3.01. The fourth-order valence-electron chi connectivity index (χ4n) is 3.23. The quantitative estimate of drug-likeness (QED) is 0.259. The smallest absolute Gasteiger partial charge is 0.276 e. The molecule has 13 heteroatoms. The van der Waals surface area contributed by atoms with E-state index in [4.69, 9.17) is 11.6 Å². The Bertz CT molecular complexity index is 1230. The van der Waals surface area contributed by atoms with Gasteiger partial charge in [0.15, 0.2) is 0 Å². The molecule has 0 unspecified atom stereocenters. The van der Waals surface area contributed by atoms with Crippen molar-refractivity contribution in [2.45, 2.75) is 0 Å². The first-order valence-electron chi connectivity index (χ1n) is 7.67. The summed E-state index contributed by atoms with van der Waals surface area (Å²) < 4.78 is 0. The van der Waals surface area contributed by atoms with Gasteiger partial charge in [0.25, 0.3) is 22.3 Å². The normalized spacial score (nSPS) is 11.0. The van der Waals surface area contributed by atoms with Gasteiger partial charge in [-0.1, -0.05) is 0 Å². The second kappa shape index (κ2) is 7.05. The van der Waals surface area contributed by atoms with Crippen molar-refractivity contribution in [1.29, 1.82) is 10.5 Å². The molecule has 0 aliphatic heterocycles. The monoisotopic (exact) mass is 425 g/mol. The van der Waals surface area contributed by atoms with E-state index in [9.17, 15) is 45.7 Å². The van der Waals surface area contributed by atoms with Gasteiger partial charge in [-0.2, -0.15) is 10.5 Å². The van der Waals surface area contributed by atoms with Crippen LogP contribution in [0.5, 0.6) is 0 Å². The summed E-state index contributed by atoms with van der Waals surface area (Å²) in [6.45, 7) is 0. The predicted octanol–water partition coefficient (Wildman–Crippen LogP) is 3.62. The molecule has 0 spiro atoms. The lowest BCUT2D eigenvalue weighted by Crippen LogP contribution is -2.00. The Morgan fingerprint density at radius 3 is 1.77 bits per heavy atom. The molecule has 2 aromatic carbocycles. The first-order valence-corrected chi connectivity index (χ1v) is 8.04. The van der Waals surface area contributed by atoms with E-state index >= 15 is 0 Å². The standard InChI is InChI=1S/C17H4ClN5O7/c18-17(24)12-3-8(21(25)26)1-10-14(7(5-19)6-20)11-2-9(22(27)28)4-13(23(29)30)16(11)15(10)12/h1-4H. The van der Waals surface area contributed by atoms with Crippen LogP contribution < -0.4 is 0 Å². The van der Waals surface area contributed by atoms with Crippen molar-refractivity contribution in [1.82, 2.24) is 0 Å². The highest BCUT2D eigenvalue weighted by Crippen LogP contribution is 2.53. The third kappa shape index (κ3) is 2.90. The van der Waals surface area contributed by atoms with Crippen LogP contribution >= 0.6 is 11.6 Å². The van der Waals surface area contributed by atoms with Gasteiger partial charge in [-0.15, -0.1) is 0 Å². The van der Waals surface area contributed by atoms with E-state index in [1.54, 1.807) is 12.1 Å². The van der Waals surface area contributed by atoms with Gasteiger partial charge >= 0.3 is 0 Å². The molecule has 0 aromatic heterocycles. The summed E-state index contributed by atoms with van der Waals surface area (Å²) in [5.74, 6) is 0. The minimum Gasteiger partial charge on any atom is -0.276 e. The zero-order valence-corrected chi connectivity index (χ0v) is 15.0. The molecule has 0 amide bonds. The van der Waals surface area contributed by atoms with Crippen molar-refractivity contribution in [3.8, 4) is 23.3 Å². The third-order valence-corrected chi connectivity index (χ3v) is 4.52. The number of rotatable bonds is 4. The number of nitro groups is 3. The highest BCUT2D eigenvalue weighted by atomic mass is 35.5. The molecule has 3 rings (SSSR count). The number of nitro benzene ring substituents is 3. The van der Waals surface area contributed by atoms with E-state index in [0.717, 1.165) is 18.2 Å². The summed E-state index contributed by atoms with van der Waals surface area (Å²) in [4.78, 5) is 43.4. The molecule has 1 aliphatic rings. The fourth-order valence-corrected chi connectivity index (χ4v) is 3.38. The molecule has 0 bridgehead atoms. The number of carbonyl (C=O) groups is 1. The molecule has 1 aliphatic carbocycles. The molecule has 0 heterocycles. The van der Waals surface area contributed by atoms with Gasteiger partial charge in [0.1, 0.15) is 17.7 Å². The first kappa shape index (κ1) is 20.1. The molecule has 146 valence electrons. The molecule has 0 fully saturated rings. The third-order valence-electron chi connectivity index (χ3n) is 4.32. The van der Waals surface area contributed by atoms with Crippen molar-refractivity contribution in [3.63, 3.8) is 0 Å². The zero-order valence-electron chi connectivity index (χ0n) is 14.3. The van der Waals surface area contributed by atoms with Gasteiger partial charge in [-0.3, -0.25) is 35.1 Å². The molecule has 2 aromatic rings. The van der Waals surface area contributed by atoms with Crippen LogP contribution in [0.15, 0.2) is 29.8 Å². The topological polar surface area (TPSA) is 194 Å². The highest BCUT2D eigenvalue weighted by Gasteiger charge is 2.39. The van der Waals surface area contributed by atoms with Crippen LogP contribution in [-0.2, 0) is 0 Å². The molecule has 30 heavy (non-hydrogen) atoms. The summed E-state index contributed by atoms with van der Waals surface area (Å²) in [7, 11) is 0. The lowest BCUT2D eigenvalue weighted by atomic mass is 9.96. The van der Waals surface area contributed by atoms with Crippen molar-refractivity contribution in [3.05, 3.63) is 76.9 Å². The average molecular weight is 426 g/mol. The van der Waals surface area contributed by atoms with Gasteiger partial charge in [0.05, 0.1) is 26.4 Å². The Morgan fingerprint density at radius 2 is 1.33 bits per heavy atom.